The lowest BCUT2D eigenvalue weighted by Crippen LogP contribution is -2.15. The second kappa shape index (κ2) is 3.64. The molecule has 0 spiro atoms. The van der Waals surface area contributed by atoms with E-state index >= 15 is 0 Å². The first kappa shape index (κ1) is 9.42. The number of halogens is 1. The minimum atomic E-state index is 0.634. The molecular formula is C11H9ClN4. The second-order valence-electron chi connectivity index (χ2n) is 3.46. The van der Waals surface area contributed by atoms with Crippen molar-refractivity contribution in [1.82, 2.24) is 14.8 Å². The lowest BCUT2D eigenvalue weighted by molar-refractivity contribution is 0.885. The van der Waals surface area contributed by atoms with Gasteiger partial charge in [0.25, 0.3) is 0 Å². The number of nitrogens with zero attached hydrogens (tertiary/aromatic N) is 3. The van der Waals surface area contributed by atoms with Crippen molar-refractivity contribution in [3.8, 4) is 0 Å². The molecule has 5 heteroatoms. The molecule has 16 heavy (non-hydrogen) atoms. The van der Waals surface area contributed by atoms with E-state index in [0.29, 0.717) is 5.02 Å². The van der Waals surface area contributed by atoms with Crippen molar-refractivity contribution in [2.75, 3.05) is 11.9 Å². The fourth-order valence-electron chi connectivity index (χ4n) is 1.76. The molecule has 3 heterocycles. The molecular weight excluding hydrogens is 224 g/mol. The number of fused-ring (bicyclic) bond motifs is 1. The van der Waals surface area contributed by atoms with E-state index in [-0.39, 0.29) is 0 Å². The summed E-state index contributed by atoms with van der Waals surface area (Å²) in [7, 11) is 0. The molecule has 0 saturated heterocycles. The van der Waals surface area contributed by atoms with Crippen LogP contribution in [0.2, 0.25) is 5.02 Å². The molecule has 0 saturated carbocycles. The molecule has 2 aromatic rings. The van der Waals surface area contributed by atoms with E-state index in [1.165, 1.54) is 0 Å². The van der Waals surface area contributed by atoms with Crippen LogP contribution in [0.25, 0.3) is 5.70 Å². The van der Waals surface area contributed by atoms with E-state index in [1.807, 2.05) is 18.3 Å². The van der Waals surface area contributed by atoms with Gasteiger partial charge in [0.05, 0.1) is 11.9 Å². The van der Waals surface area contributed by atoms with Gasteiger partial charge >= 0.3 is 0 Å². The zero-order valence-electron chi connectivity index (χ0n) is 8.39. The van der Waals surface area contributed by atoms with Crippen LogP contribution in [-0.2, 0) is 0 Å². The summed E-state index contributed by atoms with van der Waals surface area (Å²) in [6, 6.07) is 3.91. The largest absolute Gasteiger partial charge is 0.365 e. The van der Waals surface area contributed by atoms with E-state index in [9.17, 15) is 0 Å². The highest BCUT2D eigenvalue weighted by Gasteiger charge is 2.16. The smallest absolute Gasteiger partial charge is 0.148 e. The maximum Gasteiger partial charge on any atom is 0.148 e. The molecule has 1 N–H and O–H groups in total. The van der Waals surface area contributed by atoms with Gasteiger partial charge in [-0.1, -0.05) is 11.6 Å². The van der Waals surface area contributed by atoms with Crippen molar-refractivity contribution in [1.29, 1.82) is 0 Å². The van der Waals surface area contributed by atoms with Gasteiger partial charge in [0.2, 0.25) is 0 Å². The second-order valence-corrected chi connectivity index (χ2v) is 3.87. The molecule has 1 aliphatic rings. The van der Waals surface area contributed by atoms with Crippen LogP contribution in [0.15, 0.2) is 36.8 Å². The van der Waals surface area contributed by atoms with Crippen LogP contribution in [0.1, 0.15) is 5.56 Å². The topological polar surface area (TPSA) is 42.7 Å². The molecule has 0 unspecified atom stereocenters. The molecule has 0 bridgehead atoms. The van der Waals surface area contributed by atoms with Crippen molar-refractivity contribution in [2.24, 2.45) is 0 Å². The Morgan fingerprint density at radius 3 is 3.12 bits per heavy atom. The van der Waals surface area contributed by atoms with E-state index in [0.717, 1.165) is 23.6 Å². The first-order valence-corrected chi connectivity index (χ1v) is 5.32. The van der Waals surface area contributed by atoms with Crippen molar-refractivity contribution in [3.05, 3.63) is 47.4 Å². The van der Waals surface area contributed by atoms with Gasteiger partial charge in [0, 0.05) is 24.5 Å². The Kier molecular flexibility index (Phi) is 2.15. The normalized spacial score (nSPS) is 13.9. The zero-order chi connectivity index (χ0) is 11.0. The van der Waals surface area contributed by atoms with E-state index in [4.69, 9.17) is 11.6 Å². The molecule has 0 aliphatic carbocycles. The van der Waals surface area contributed by atoms with Crippen LogP contribution >= 0.6 is 11.6 Å². The molecule has 1 aliphatic heterocycles. The van der Waals surface area contributed by atoms with Gasteiger partial charge in [-0.15, -0.1) is 0 Å². The Hall–Kier alpha value is -1.81. The highest BCUT2D eigenvalue weighted by Crippen LogP contribution is 2.29. The van der Waals surface area contributed by atoms with Gasteiger partial charge in [0.1, 0.15) is 10.8 Å². The molecule has 0 fully saturated rings. The average Bonchev–Trinajstić information content (AvgIpc) is 2.73. The van der Waals surface area contributed by atoms with Crippen molar-refractivity contribution >= 4 is 23.1 Å². The van der Waals surface area contributed by atoms with Crippen LogP contribution in [0, 0.1) is 0 Å². The Morgan fingerprint density at radius 2 is 2.31 bits per heavy atom. The van der Waals surface area contributed by atoms with Crippen molar-refractivity contribution < 1.29 is 0 Å². The SMILES string of the molecule is Clc1cnn2c1NCC=C2c1cccnc1. The molecule has 3 rings (SSSR count). The lowest BCUT2D eigenvalue weighted by atomic mass is 10.2. The molecule has 2 aromatic heterocycles. The zero-order valence-corrected chi connectivity index (χ0v) is 9.15. The number of anilines is 1. The third kappa shape index (κ3) is 1.39. The number of hydrogen-bond donors (Lipinski definition) is 1. The number of nitrogens with one attached hydrogen (secondary N) is 1. The van der Waals surface area contributed by atoms with Crippen molar-refractivity contribution in [2.45, 2.75) is 0 Å². The summed E-state index contributed by atoms with van der Waals surface area (Å²) in [5.74, 6) is 0.836. The highest BCUT2D eigenvalue weighted by molar-refractivity contribution is 6.33. The first-order chi connectivity index (χ1) is 7.86. The molecule has 0 aromatic carbocycles. The third-order valence-electron chi connectivity index (χ3n) is 2.47. The molecule has 0 atom stereocenters. The van der Waals surface area contributed by atoms with Crippen LogP contribution in [0.5, 0.6) is 0 Å². The van der Waals surface area contributed by atoms with E-state index < -0.39 is 0 Å². The number of hydrogen-bond acceptors (Lipinski definition) is 3. The maximum atomic E-state index is 6.02. The highest BCUT2D eigenvalue weighted by atomic mass is 35.5. The Morgan fingerprint density at radius 1 is 1.38 bits per heavy atom. The van der Waals surface area contributed by atoms with Crippen LogP contribution < -0.4 is 5.32 Å². The summed E-state index contributed by atoms with van der Waals surface area (Å²) in [5, 5.41) is 8.06. The van der Waals surface area contributed by atoms with Gasteiger partial charge < -0.3 is 5.32 Å². The standard InChI is InChI=1S/C11H9ClN4/c12-9-7-15-16-10(3-5-14-11(9)16)8-2-1-4-13-6-8/h1-4,6-7,14H,5H2. The minimum absolute atomic E-state index is 0.634. The summed E-state index contributed by atoms with van der Waals surface area (Å²) in [6.07, 6.45) is 7.27. The Labute approximate surface area is 97.6 Å². The first-order valence-electron chi connectivity index (χ1n) is 4.94. The van der Waals surface area contributed by atoms with Crippen molar-refractivity contribution in [3.63, 3.8) is 0 Å². The van der Waals surface area contributed by atoms with Gasteiger partial charge in [-0.25, -0.2) is 4.68 Å². The summed E-state index contributed by atoms with van der Waals surface area (Å²) >= 11 is 6.02. The molecule has 0 radical (unpaired) electrons. The summed E-state index contributed by atoms with van der Waals surface area (Å²) < 4.78 is 1.79. The van der Waals surface area contributed by atoms with E-state index in [2.05, 4.69) is 21.5 Å². The molecule has 80 valence electrons. The van der Waals surface area contributed by atoms with Crippen LogP contribution in [0.4, 0.5) is 5.82 Å². The predicted molar refractivity (Wildman–Crippen MR) is 63.3 cm³/mol. The average molecular weight is 233 g/mol. The van der Waals surface area contributed by atoms with E-state index in [1.54, 1.807) is 17.1 Å². The Balaban J connectivity index is 2.13. The summed E-state index contributed by atoms with van der Waals surface area (Å²) in [5.41, 5.74) is 2.04. The third-order valence-corrected chi connectivity index (χ3v) is 2.75. The van der Waals surface area contributed by atoms with Gasteiger partial charge in [0.15, 0.2) is 0 Å². The van der Waals surface area contributed by atoms with Gasteiger partial charge in [-0.3, -0.25) is 4.98 Å². The maximum absolute atomic E-state index is 6.02. The van der Waals surface area contributed by atoms with Gasteiger partial charge in [-0.2, -0.15) is 5.10 Å². The number of rotatable bonds is 1. The monoisotopic (exact) mass is 232 g/mol. The minimum Gasteiger partial charge on any atom is -0.365 e. The molecule has 0 amide bonds. The predicted octanol–water partition coefficient (Wildman–Crippen LogP) is 2.25. The Bertz CT molecular complexity index is 544. The molecule has 4 nitrogen and oxygen atoms in total. The van der Waals surface area contributed by atoms with Crippen LogP contribution in [-0.4, -0.2) is 21.3 Å². The summed E-state index contributed by atoms with van der Waals surface area (Å²) in [4.78, 5) is 4.10. The fraction of sp³-hybridized carbons (Fsp3) is 0.0909. The number of aromatic nitrogens is 3. The number of pyridine rings is 1. The van der Waals surface area contributed by atoms with Crippen LogP contribution in [0.3, 0.4) is 0 Å². The quantitative estimate of drug-likeness (QED) is 0.820. The summed E-state index contributed by atoms with van der Waals surface area (Å²) in [6.45, 7) is 0.746. The fourth-order valence-corrected chi connectivity index (χ4v) is 1.95. The lowest BCUT2D eigenvalue weighted by Gasteiger charge is -2.17. The van der Waals surface area contributed by atoms with Gasteiger partial charge in [-0.05, 0) is 18.2 Å².